The monoisotopic (exact) mass is 499 g/mol. The van der Waals surface area contributed by atoms with Crippen LogP contribution in [0, 0.1) is 0 Å². The average molecular weight is 500 g/mol. The number of carbonyl (C=O) groups excluding carboxylic acids is 1. The van der Waals surface area contributed by atoms with Crippen LogP contribution in [0.15, 0.2) is 71.9 Å². The van der Waals surface area contributed by atoms with Gasteiger partial charge in [-0.25, -0.2) is 4.98 Å². The van der Waals surface area contributed by atoms with Gasteiger partial charge in [-0.05, 0) is 40.9 Å². The second-order valence-corrected chi connectivity index (χ2v) is 8.14. The first-order chi connectivity index (χ1) is 17.3. The highest BCUT2D eigenvalue weighted by Crippen LogP contribution is 2.34. The van der Waals surface area contributed by atoms with Crippen LogP contribution in [-0.4, -0.2) is 49.6 Å². The fraction of sp³-hybridized carbons (Fsp3) is 0.240. The number of nitrogens with two attached hydrogens (primary N) is 1. The number of hydrogen-bond donors (Lipinski definition) is 3. The predicted octanol–water partition coefficient (Wildman–Crippen LogP) is 3.52. The molecular weight excluding hydrogens is 473 g/mol. The van der Waals surface area contributed by atoms with E-state index in [2.05, 4.69) is 20.6 Å². The molecule has 36 heavy (non-hydrogen) atoms. The van der Waals surface area contributed by atoms with Gasteiger partial charge in [0.1, 0.15) is 0 Å². The van der Waals surface area contributed by atoms with E-state index < -0.39 is 11.7 Å². The van der Waals surface area contributed by atoms with Gasteiger partial charge in [-0.1, -0.05) is 24.3 Å². The molecule has 0 spiro atoms. The van der Waals surface area contributed by atoms with Crippen molar-refractivity contribution in [2.75, 3.05) is 43.5 Å². The molecule has 0 saturated carbocycles. The molecule has 1 saturated heterocycles. The normalized spacial score (nSPS) is 14.9. The molecule has 5 N–H and O–H groups in total. The number of guanidine groups is 1. The minimum atomic E-state index is -4.52. The molecule has 1 aliphatic heterocycles. The maximum Gasteiger partial charge on any atom is 0.418 e. The second kappa shape index (κ2) is 11.2. The summed E-state index contributed by atoms with van der Waals surface area (Å²) in [5.41, 5.74) is 7.26. The third-order valence-corrected chi connectivity index (χ3v) is 5.51. The van der Waals surface area contributed by atoms with Crippen molar-refractivity contribution in [1.82, 2.24) is 4.90 Å². The van der Waals surface area contributed by atoms with Crippen LogP contribution in [0.1, 0.15) is 5.56 Å². The number of halogens is 3. The molecule has 2 heterocycles. The topological polar surface area (TPSA) is 106 Å². The number of amides is 1. The molecule has 1 amide bonds. The molecule has 188 valence electrons. The van der Waals surface area contributed by atoms with Gasteiger partial charge in [-0.15, -0.1) is 0 Å². The van der Waals surface area contributed by atoms with Crippen LogP contribution >= 0.6 is 0 Å². The summed E-state index contributed by atoms with van der Waals surface area (Å²) >= 11 is 0. The molecular formula is C25H26F3N6O2+. The highest BCUT2D eigenvalue weighted by molar-refractivity contribution is 5.94. The second-order valence-electron chi connectivity index (χ2n) is 8.14. The molecule has 11 heteroatoms. The van der Waals surface area contributed by atoms with E-state index in [0.29, 0.717) is 31.3 Å². The number of ether oxygens (including phenoxy) is 1. The van der Waals surface area contributed by atoms with Crippen LogP contribution in [0.5, 0.6) is 0 Å². The Hall–Kier alpha value is -3.96. The summed E-state index contributed by atoms with van der Waals surface area (Å²) in [5.74, 6) is 0.0948. The number of H-pyrrole nitrogens is 1. The molecule has 2 aromatic carbocycles. The Bertz CT molecular complexity index is 1210. The van der Waals surface area contributed by atoms with E-state index in [4.69, 9.17) is 10.5 Å². The molecule has 0 unspecified atom stereocenters. The third-order valence-electron chi connectivity index (χ3n) is 5.51. The number of aromatic amines is 1. The number of aromatic nitrogens is 1. The van der Waals surface area contributed by atoms with Crippen molar-refractivity contribution in [2.45, 2.75) is 6.18 Å². The van der Waals surface area contributed by atoms with Gasteiger partial charge in [0.05, 0.1) is 37.2 Å². The van der Waals surface area contributed by atoms with Crippen LogP contribution < -0.4 is 21.4 Å². The Balaban J connectivity index is 1.36. The molecule has 3 aromatic rings. The van der Waals surface area contributed by atoms with Crippen LogP contribution in [0.2, 0.25) is 0 Å². The first kappa shape index (κ1) is 25.1. The first-order valence-corrected chi connectivity index (χ1v) is 11.3. The van der Waals surface area contributed by atoms with Crippen molar-refractivity contribution in [3.8, 4) is 11.1 Å². The van der Waals surface area contributed by atoms with Crippen LogP contribution in [0.3, 0.4) is 0 Å². The summed E-state index contributed by atoms with van der Waals surface area (Å²) in [7, 11) is 0. The van der Waals surface area contributed by atoms with E-state index in [1.807, 2.05) is 29.2 Å². The predicted molar refractivity (Wildman–Crippen MR) is 131 cm³/mol. The van der Waals surface area contributed by atoms with Gasteiger partial charge in [0.15, 0.2) is 0 Å². The van der Waals surface area contributed by atoms with Gasteiger partial charge in [0.2, 0.25) is 5.91 Å². The molecule has 8 nitrogen and oxygen atoms in total. The first-order valence-electron chi connectivity index (χ1n) is 11.3. The van der Waals surface area contributed by atoms with Gasteiger partial charge in [0, 0.05) is 30.4 Å². The van der Waals surface area contributed by atoms with E-state index in [-0.39, 0.29) is 17.6 Å². The maximum atomic E-state index is 13.2. The number of morpholine rings is 1. The molecule has 1 aromatic heterocycles. The number of rotatable bonds is 6. The summed E-state index contributed by atoms with van der Waals surface area (Å²) in [6, 6.07) is 15.9. The van der Waals surface area contributed by atoms with Gasteiger partial charge >= 0.3 is 18.0 Å². The van der Waals surface area contributed by atoms with Crippen molar-refractivity contribution in [2.24, 2.45) is 10.7 Å². The molecule has 0 aliphatic carbocycles. The molecule has 0 radical (unpaired) electrons. The van der Waals surface area contributed by atoms with Crippen molar-refractivity contribution in [3.63, 3.8) is 0 Å². The van der Waals surface area contributed by atoms with Gasteiger partial charge in [-0.3, -0.25) is 9.69 Å². The van der Waals surface area contributed by atoms with Crippen molar-refractivity contribution >= 4 is 29.1 Å². The number of pyridine rings is 1. The van der Waals surface area contributed by atoms with E-state index in [9.17, 15) is 18.0 Å². The highest BCUT2D eigenvalue weighted by Gasteiger charge is 2.33. The summed E-state index contributed by atoms with van der Waals surface area (Å²) < 4.78 is 44.8. The van der Waals surface area contributed by atoms with Crippen LogP contribution in [0.25, 0.3) is 11.1 Å². The number of benzene rings is 2. The number of anilines is 2. The quantitative estimate of drug-likeness (QED) is 0.356. The smallest absolute Gasteiger partial charge is 0.379 e. The lowest BCUT2D eigenvalue weighted by Gasteiger charge is -2.25. The Morgan fingerprint density at radius 2 is 1.69 bits per heavy atom. The number of nitrogens with one attached hydrogen (secondary N) is 3. The summed E-state index contributed by atoms with van der Waals surface area (Å²) in [4.78, 5) is 21.4. The van der Waals surface area contributed by atoms with Gasteiger partial charge in [0.25, 0.3) is 0 Å². The largest absolute Gasteiger partial charge is 0.418 e. The number of aliphatic imine (C=N–C) groups is 1. The maximum absolute atomic E-state index is 13.2. The molecule has 4 rings (SSSR count). The molecule has 0 bridgehead atoms. The number of para-hydroxylation sites is 1. The van der Waals surface area contributed by atoms with Crippen LogP contribution in [-0.2, 0) is 15.7 Å². The minimum Gasteiger partial charge on any atom is -0.379 e. The third kappa shape index (κ3) is 6.80. The van der Waals surface area contributed by atoms with E-state index in [0.717, 1.165) is 30.3 Å². The fourth-order valence-corrected chi connectivity index (χ4v) is 3.71. The molecule has 1 aliphatic rings. The highest BCUT2D eigenvalue weighted by atomic mass is 19.4. The van der Waals surface area contributed by atoms with Gasteiger partial charge < -0.3 is 21.1 Å². The van der Waals surface area contributed by atoms with Gasteiger partial charge in [-0.2, -0.15) is 13.2 Å². The standard InChI is InChI=1S/C25H25F3N6O2/c26-25(27,28)20-3-1-2-4-21(20)32-24(29)33-22-10-7-18(15-30-22)17-5-8-19(9-6-17)31-23(35)16-34-11-13-36-14-12-34/h1-10,15H,11-14,16H2,(H,31,35)(H3,29,30,32,33)/p+1. The number of nitrogens with zero attached hydrogens (tertiary/aromatic N) is 2. The van der Waals surface area contributed by atoms with Crippen molar-refractivity contribution in [3.05, 3.63) is 72.4 Å². The average Bonchev–Trinajstić information content (AvgIpc) is 2.85. The lowest BCUT2D eigenvalue weighted by molar-refractivity contribution is -0.361. The Morgan fingerprint density at radius 1 is 1.00 bits per heavy atom. The van der Waals surface area contributed by atoms with E-state index in [1.165, 1.54) is 18.2 Å². The lowest BCUT2D eigenvalue weighted by atomic mass is 10.1. The zero-order chi connectivity index (χ0) is 25.5. The van der Waals surface area contributed by atoms with E-state index >= 15 is 0 Å². The number of hydrogen-bond acceptors (Lipinski definition) is 4. The summed E-state index contributed by atoms with van der Waals surface area (Å²) in [6.45, 7) is 3.08. The Kier molecular flexibility index (Phi) is 7.81. The Morgan fingerprint density at radius 3 is 2.36 bits per heavy atom. The minimum absolute atomic E-state index is 0.0794. The Labute approximate surface area is 206 Å². The summed E-state index contributed by atoms with van der Waals surface area (Å²) in [5, 5.41) is 5.40. The van der Waals surface area contributed by atoms with Crippen molar-refractivity contribution in [1.29, 1.82) is 0 Å². The molecule has 0 atom stereocenters. The van der Waals surface area contributed by atoms with E-state index in [1.54, 1.807) is 18.3 Å². The fourth-order valence-electron chi connectivity index (χ4n) is 3.71. The molecule has 1 fully saturated rings. The number of alkyl halides is 3. The van der Waals surface area contributed by atoms with Crippen molar-refractivity contribution < 1.29 is 27.7 Å². The summed E-state index contributed by atoms with van der Waals surface area (Å²) in [6.07, 6.45) is -2.81. The van der Waals surface area contributed by atoms with Crippen LogP contribution in [0.4, 0.5) is 30.4 Å². The number of carbonyl (C=O) groups is 1. The zero-order valence-electron chi connectivity index (χ0n) is 19.3. The zero-order valence-corrected chi connectivity index (χ0v) is 19.3. The SMILES string of the molecule is NC(=Nc1ccc(-c2ccc(NC(=O)CN3CCOCC3)cc2)c[nH+]1)Nc1ccccc1C(F)(F)F. The lowest BCUT2D eigenvalue weighted by Crippen LogP contribution is -2.41.